The summed E-state index contributed by atoms with van der Waals surface area (Å²) in [6.45, 7) is 2.46. The van der Waals surface area contributed by atoms with Crippen LogP contribution in [0.4, 0.5) is 0 Å². The first-order valence-electron chi connectivity index (χ1n) is 12.7. The van der Waals surface area contributed by atoms with Crippen molar-refractivity contribution in [1.29, 1.82) is 0 Å². The van der Waals surface area contributed by atoms with E-state index in [1.54, 1.807) is 77.0 Å². The zero-order chi connectivity index (χ0) is 18.5. The fourth-order valence-corrected chi connectivity index (χ4v) is 12.4. The largest absolute Gasteiger partial charge is 0.155 e. The van der Waals surface area contributed by atoms with Gasteiger partial charge in [0, 0.05) is 10.5 Å². The molecule has 2 heteroatoms. The van der Waals surface area contributed by atoms with Gasteiger partial charge in [-0.1, -0.05) is 19.8 Å². The Bertz CT molecular complexity index is 390. The van der Waals surface area contributed by atoms with Gasteiger partial charge in [0.25, 0.3) is 0 Å². The first-order chi connectivity index (χ1) is 13.3. The van der Waals surface area contributed by atoms with Gasteiger partial charge in [-0.15, -0.1) is 0 Å². The molecule has 0 N–H and O–H groups in total. The SMILES string of the molecule is CC1CCC(SC2CCC([S+](C3CCCCC3)C3CCCCC3)CC2)CC1. The van der Waals surface area contributed by atoms with E-state index in [-0.39, 0.29) is 0 Å². The standard InChI is InChI=1S/C25H45S2/c1-20-12-14-21(15-13-20)26-22-16-18-25(19-17-22)27(23-8-4-2-5-9-23)24-10-6-3-7-11-24/h20-25H,2-19H2,1H3/q+1. The first-order valence-corrected chi connectivity index (χ1v) is 15.0. The topological polar surface area (TPSA) is 0 Å². The second kappa shape index (κ2) is 10.6. The van der Waals surface area contributed by atoms with Crippen LogP contribution in [0.2, 0.25) is 0 Å². The molecule has 0 bridgehead atoms. The molecule has 0 aromatic rings. The Morgan fingerprint density at radius 1 is 0.481 bits per heavy atom. The van der Waals surface area contributed by atoms with Crippen LogP contribution in [0, 0.1) is 5.92 Å². The number of rotatable bonds is 5. The van der Waals surface area contributed by atoms with E-state index in [1.165, 1.54) is 38.5 Å². The van der Waals surface area contributed by atoms with Crippen LogP contribution in [0.15, 0.2) is 0 Å². The highest BCUT2D eigenvalue weighted by atomic mass is 32.2. The van der Waals surface area contributed by atoms with E-state index in [9.17, 15) is 0 Å². The van der Waals surface area contributed by atoms with Gasteiger partial charge >= 0.3 is 0 Å². The summed E-state index contributed by atoms with van der Waals surface area (Å²) in [6.07, 6.45) is 28.0. The van der Waals surface area contributed by atoms with Gasteiger partial charge in [-0.05, 0) is 120 Å². The summed E-state index contributed by atoms with van der Waals surface area (Å²) in [6, 6.07) is 0. The lowest BCUT2D eigenvalue weighted by atomic mass is 9.91. The van der Waals surface area contributed by atoms with E-state index in [0.717, 1.165) is 43.1 Å². The molecular weight excluding hydrogens is 364 g/mol. The van der Waals surface area contributed by atoms with E-state index in [0.29, 0.717) is 0 Å². The molecule has 0 amide bonds. The Labute approximate surface area is 177 Å². The Kier molecular flexibility index (Phi) is 8.26. The lowest BCUT2D eigenvalue weighted by Gasteiger charge is -2.38. The molecule has 0 atom stereocenters. The molecular formula is C25H45S2+. The van der Waals surface area contributed by atoms with Crippen LogP contribution in [-0.2, 0) is 10.9 Å². The van der Waals surface area contributed by atoms with E-state index >= 15 is 0 Å². The second-order valence-corrected chi connectivity index (χ2v) is 14.8. The molecule has 0 aliphatic heterocycles. The molecule has 0 aromatic heterocycles. The molecule has 0 spiro atoms. The van der Waals surface area contributed by atoms with Gasteiger partial charge in [-0.3, -0.25) is 0 Å². The highest BCUT2D eigenvalue weighted by Crippen LogP contribution is 2.44. The summed E-state index contributed by atoms with van der Waals surface area (Å²) in [7, 11) is 0.781. The third kappa shape index (κ3) is 5.87. The summed E-state index contributed by atoms with van der Waals surface area (Å²) in [5.74, 6) is 1.01. The molecule has 4 saturated carbocycles. The van der Waals surface area contributed by atoms with Gasteiger partial charge in [-0.2, -0.15) is 11.8 Å². The number of hydrogen-bond donors (Lipinski definition) is 0. The van der Waals surface area contributed by atoms with Crippen molar-refractivity contribution in [3.8, 4) is 0 Å². The Morgan fingerprint density at radius 2 is 0.889 bits per heavy atom. The van der Waals surface area contributed by atoms with Gasteiger partial charge in [0.2, 0.25) is 0 Å². The zero-order valence-electron chi connectivity index (χ0n) is 18.0. The van der Waals surface area contributed by atoms with Crippen molar-refractivity contribution in [1.82, 2.24) is 0 Å². The molecule has 4 rings (SSSR count). The molecule has 4 aliphatic rings. The maximum atomic E-state index is 2.46. The first kappa shape index (κ1) is 21.0. The molecule has 156 valence electrons. The zero-order valence-corrected chi connectivity index (χ0v) is 19.6. The third-order valence-corrected chi connectivity index (χ3v) is 13.7. The molecule has 0 nitrogen and oxygen atoms in total. The Morgan fingerprint density at radius 3 is 1.37 bits per heavy atom. The summed E-state index contributed by atoms with van der Waals surface area (Å²) in [4.78, 5) is 0. The van der Waals surface area contributed by atoms with E-state index < -0.39 is 0 Å². The van der Waals surface area contributed by atoms with Crippen molar-refractivity contribution < 1.29 is 0 Å². The van der Waals surface area contributed by atoms with Crippen LogP contribution in [-0.4, -0.2) is 26.2 Å². The number of thioether (sulfide) groups is 1. The highest BCUT2D eigenvalue weighted by molar-refractivity contribution is 8.00. The summed E-state index contributed by atoms with van der Waals surface area (Å²) < 4.78 is 0. The lowest BCUT2D eigenvalue weighted by molar-refractivity contribution is 0.391. The van der Waals surface area contributed by atoms with E-state index in [4.69, 9.17) is 0 Å². The van der Waals surface area contributed by atoms with Crippen molar-refractivity contribution in [2.45, 2.75) is 149 Å². The van der Waals surface area contributed by atoms with Gasteiger partial charge in [0.05, 0.1) is 0 Å². The normalized spacial score (nSPS) is 37.6. The Hall–Kier alpha value is 0.700. The van der Waals surface area contributed by atoms with Crippen LogP contribution in [0.1, 0.15) is 122 Å². The van der Waals surface area contributed by atoms with Crippen LogP contribution in [0.25, 0.3) is 0 Å². The molecule has 0 unspecified atom stereocenters. The quantitative estimate of drug-likeness (QED) is 0.416. The van der Waals surface area contributed by atoms with Crippen LogP contribution in [0.3, 0.4) is 0 Å². The van der Waals surface area contributed by atoms with Crippen LogP contribution >= 0.6 is 11.8 Å². The average Bonchev–Trinajstić information content (AvgIpc) is 2.73. The average molecular weight is 410 g/mol. The number of hydrogen-bond acceptors (Lipinski definition) is 1. The summed E-state index contributed by atoms with van der Waals surface area (Å²) in [5, 5.41) is 5.42. The van der Waals surface area contributed by atoms with Gasteiger partial charge < -0.3 is 0 Å². The maximum absolute atomic E-state index is 2.46. The monoisotopic (exact) mass is 409 g/mol. The van der Waals surface area contributed by atoms with Crippen molar-refractivity contribution in [3.05, 3.63) is 0 Å². The van der Waals surface area contributed by atoms with Crippen molar-refractivity contribution in [2.24, 2.45) is 5.92 Å². The molecule has 0 aromatic carbocycles. The lowest BCUT2D eigenvalue weighted by Crippen LogP contribution is -2.44. The minimum absolute atomic E-state index is 0.781. The van der Waals surface area contributed by atoms with Gasteiger partial charge in [-0.25, -0.2) is 0 Å². The molecule has 4 aliphatic carbocycles. The minimum atomic E-state index is 0.781. The van der Waals surface area contributed by atoms with E-state index in [1.807, 2.05) is 0 Å². The third-order valence-electron chi connectivity index (χ3n) is 8.23. The summed E-state index contributed by atoms with van der Waals surface area (Å²) in [5.41, 5.74) is 0. The molecule has 0 heterocycles. The Balaban J connectivity index is 1.30. The van der Waals surface area contributed by atoms with Crippen molar-refractivity contribution in [2.75, 3.05) is 0 Å². The van der Waals surface area contributed by atoms with Crippen LogP contribution < -0.4 is 0 Å². The minimum Gasteiger partial charge on any atom is -0.155 e. The molecule has 4 fully saturated rings. The smallest absolute Gasteiger partial charge is 0.118 e. The molecule has 0 saturated heterocycles. The predicted octanol–water partition coefficient (Wildman–Crippen LogP) is 7.89. The fourth-order valence-electron chi connectivity index (χ4n) is 6.57. The molecule has 27 heavy (non-hydrogen) atoms. The van der Waals surface area contributed by atoms with Gasteiger partial charge in [0.15, 0.2) is 0 Å². The van der Waals surface area contributed by atoms with Gasteiger partial charge in [0.1, 0.15) is 15.7 Å². The second-order valence-electron chi connectivity index (χ2n) is 10.3. The highest BCUT2D eigenvalue weighted by Gasteiger charge is 2.46. The maximum Gasteiger partial charge on any atom is 0.118 e. The predicted molar refractivity (Wildman–Crippen MR) is 126 cm³/mol. The van der Waals surface area contributed by atoms with Crippen LogP contribution in [0.5, 0.6) is 0 Å². The molecule has 0 radical (unpaired) electrons. The van der Waals surface area contributed by atoms with E-state index in [2.05, 4.69) is 18.7 Å². The fraction of sp³-hybridized carbons (Fsp3) is 1.00. The van der Waals surface area contributed by atoms with Crippen molar-refractivity contribution >= 4 is 22.7 Å². The summed E-state index contributed by atoms with van der Waals surface area (Å²) >= 11 is 2.43. The van der Waals surface area contributed by atoms with Crippen molar-refractivity contribution in [3.63, 3.8) is 0 Å².